The predicted octanol–water partition coefficient (Wildman–Crippen LogP) is 2.43. The van der Waals surface area contributed by atoms with Crippen LogP contribution < -0.4 is 17.0 Å². The molecule has 0 bridgehead atoms. The van der Waals surface area contributed by atoms with Gasteiger partial charge < -0.3 is 5.73 Å². The number of anilines is 1. The number of nitrogens with one attached hydrogen (secondary N) is 1. The van der Waals surface area contributed by atoms with E-state index in [9.17, 15) is 0 Å². The van der Waals surface area contributed by atoms with Crippen molar-refractivity contribution in [3.63, 3.8) is 0 Å². The fraction of sp³-hybridized carbons (Fsp3) is 0.250. The van der Waals surface area contributed by atoms with Crippen molar-refractivity contribution in [3.05, 3.63) is 44.9 Å². The van der Waals surface area contributed by atoms with Crippen LogP contribution >= 0.6 is 22.9 Å². The molecule has 0 spiro atoms. The van der Waals surface area contributed by atoms with E-state index in [4.69, 9.17) is 23.2 Å². The summed E-state index contributed by atoms with van der Waals surface area (Å²) in [5.41, 5.74) is 11.3. The van der Waals surface area contributed by atoms with E-state index in [2.05, 4.69) is 10.4 Å². The lowest BCUT2D eigenvalue weighted by Crippen LogP contribution is -2.30. The van der Waals surface area contributed by atoms with Crippen LogP contribution in [0.5, 0.6) is 0 Å². The van der Waals surface area contributed by atoms with Gasteiger partial charge in [-0.15, -0.1) is 11.3 Å². The summed E-state index contributed by atoms with van der Waals surface area (Å²) in [6, 6.07) is 5.37. The van der Waals surface area contributed by atoms with Crippen molar-refractivity contribution in [2.24, 2.45) is 5.84 Å². The molecule has 96 valence electrons. The highest BCUT2D eigenvalue weighted by Gasteiger charge is 2.15. The molecule has 2 rings (SSSR count). The van der Waals surface area contributed by atoms with Crippen LogP contribution in [-0.2, 0) is 6.42 Å². The number of nitrogens with zero attached hydrogens (tertiary/aromatic N) is 1. The summed E-state index contributed by atoms with van der Waals surface area (Å²) >= 11 is 7.51. The van der Waals surface area contributed by atoms with Crippen molar-refractivity contribution in [2.75, 3.05) is 5.73 Å². The zero-order chi connectivity index (χ0) is 13.1. The summed E-state index contributed by atoms with van der Waals surface area (Å²) in [5.74, 6) is 5.60. The highest BCUT2D eigenvalue weighted by molar-refractivity contribution is 7.09. The molecule has 5 N–H and O–H groups in total. The topological polar surface area (TPSA) is 77.0 Å². The second-order valence-corrected chi connectivity index (χ2v) is 5.46. The van der Waals surface area contributed by atoms with E-state index < -0.39 is 0 Å². The molecule has 4 nitrogen and oxygen atoms in total. The van der Waals surface area contributed by atoms with Gasteiger partial charge in [0.05, 0.1) is 11.0 Å². The minimum atomic E-state index is -0.0622. The smallest absolute Gasteiger partial charge is 0.0947 e. The van der Waals surface area contributed by atoms with Gasteiger partial charge in [0, 0.05) is 28.2 Å². The summed E-state index contributed by atoms with van der Waals surface area (Å²) in [6.45, 7) is 1.97. The first-order valence-electron chi connectivity index (χ1n) is 5.52. The lowest BCUT2D eigenvalue weighted by molar-refractivity contribution is 0.552. The van der Waals surface area contributed by atoms with Gasteiger partial charge >= 0.3 is 0 Å². The summed E-state index contributed by atoms with van der Waals surface area (Å²) in [6.07, 6.45) is 0.709. The van der Waals surface area contributed by atoms with Gasteiger partial charge in [-0.3, -0.25) is 11.3 Å². The Kier molecular flexibility index (Phi) is 4.19. The molecule has 0 saturated heterocycles. The monoisotopic (exact) mass is 282 g/mol. The Labute approximate surface area is 115 Å². The molecule has 0 saturated carbocycles. The Morgan fingerprint density at radius 1 is 1.50 bits per heavy atom. The molecule has 1 aromatic heterocycles. The minimum Gasteiger partial charge on any atom is -0.398 e. The van der Waals surface area contributed by atoms with Crippen LogP contribution in [0.15, 0.2) is 23.6 Å². The van der Waals surface area contributed by atoms with E-state index in [0.29, 0.717) is 17.1 Å². The molecule has 1 aromatic carbocycles. The molecular weight excluding hydrogens is 268 g/mol. The Morgan fingerprint density at radius 2 is 2.28 bits per heavy atom. The second-order valence-electron chi connectivity index (χ2n) is 4.08. The van der Waals surface area contributed by atoms with E-state index in [1.807, 2.05) is 24.4 Å². The normalized spacial score (nSPS) is 12.6. The van der Waals surface area contributed by atoms with E-state index in [1.54, 1.807) is 17.4 Å². The van der Waals surface area contributed by atoms with Gasteiger partial charge in [0.2, 0.25) is 0 Å². The third kappa shape index (κ3) is 3.00. The second kappa shape index (κ2) is 5.67. The van der Waals surface area contributed by atoms with Crippen LogP contribution in [0.4, 0.5) is 5.69 Å². The SMILES string of the molecule is Cc1csc(CC(NN)c2ccc(Cl)cc2N)n1. The average Bonchev–Trinajstić information content (AvgIpc) is 2.72. The molecule has 6 heteroatoms. The Hall–Kier alpha value is -1.14. The van der Waals surface area contributed by atoms with Crippen LogP contribution in [0.2, 0.25) is 5.02 Å². The van der Waals surface area contributed by atoms with E-state index in [0.717, 1.165) is 16.3 Å². The van der Waals surface area contributed by atoms with E-state index >= 15 is 0 Å². The molecular formula is C12H15ClN4S. The zero-order valence-corrected chi connectivity index (χ0v) is 11.6. The Bertz CT molecular complexity index is 541. The number of hydrazine groups is 1. The Balaban J connectivity index is 2.22. The standard InChI is InChI=1S/C12H15ClN4S/c1-7-6-18-12(16-7)5-11(17-15)9-3-2-8(13)4-10(9)14/h2-4,6,11,17H,5,14-15H2,1H3. The van der Waals surface area contributed by atoms with Crippen molar-refractivity contribution in [1.29, 1.82) is 0 Å². The average molecular weight is 283 g/mol. The maximum atomic E-state index is 5.96. The van der Waals surface area contributed by atoms with Crippen LogP contribution in [0.3, 0.4) is 0 Å². The summed E-state index contributed by atoms with van der Waals surface area (Å²) < 4.78 is 0. The molecule has 0 aliphatic rings. The van der Waals surface area contributed by atoms with Gasteiger partial charge in [-0.1, -0.05) is 17.7 Å². The summed E-state index contributed by atoms with van der Waals surface area (Å²) in [7, 11) is 0. The number of rotatable bonds is 4. The van der Waals surface area contributed by atoms with E-state index in [-0.39, 0.29) is 6.04 Å². The van der Waals surface area contributed by atoms with Crippen molar-refractivity contribution in [1.82, 2.24) is 10.4 Å². The number of hydrogen-bond donors (Lipinski definition) is 3. The van der Waals surface area contributed by atoms with Crippen LogP contribution in [0.25, 0.3) is 0 Å². The van der Waals surface area contributed by atoms with Crippen molar-refractivity contribution >= 4 is 28.6 Å². The maximum Gasteiger partial charge on any atom is 0.0947 e. The fourth-order valence-electron chi connectivity index (χ4n) is 1.79. The first-order valence-corrected chi connectivity index (χ1v) is 6.78. The number of halogens is 1. The first kappa shape index (κ1) is 13.3. The summed E-state index contributed by atoms with van der Waals surface area (Å²) in [5, 5.41) is 3.68. The fourth-order valence-corrected chi connectivity index (χ4v) is 2.79. The molecule has 0 aliphatic carbocycles. The Morgan fingerprint density at radius 3 is 2.83 bits per heavy atom. The lowest BCUT2D eigenvalue weighted by atomic mass is 10.0. The molecule has 0 radical (unpaired) electrons. The van der Waals surface area contributed by atoms with Crippen LogP contribution in [0.1, 0.15) is 22.3 Å². The number of benzene rings is 1. The van der Waals surface area contributed by atoms with Crippen molar-refractivity contribution < 1.29 is 0 Å². The molecule has 18 heavy (non-hydrogen) atoms. The number of nitrogen functional groups attached to an aromatic ring is 1. The molecule has 0 aliphatic heterocycles. The first-order chi connectivity index (χ1) is 8.60. The highest BCUT2D eigenvalue weighted by Crippen LogP contribution is 2.26. The van der Waals surface area contributed by atoms with Gasteiger partial charge in [0.15, 0.2) is 0 Å². The summed E-state index contributed by atoms with van der Waals surface area (Å²) in [4.78, 5) is 4.43. The number of nitrogens with two attached hydrogens (primary N) is 2. The molecule has 2 aromatic rings. The molecule has 1 atom stereocenters. The van der Waals surface area contributed by atoms with Gasteiger partial charge in [-0.2, -0.15) is 0 Å². The van der Waals surface area contributed by atoms with Crippen molar-refractivity contribution in [3.8, 4) is 0 Å². The van der Waals surface area contributed by atoms with Gasteiger partial charge in [-0.25, -0.2) is 4.98 Å². The zero-order valence-electron chi connectivity index (χ0n) is 9.98. The van der Waals surface area contributed by atoms with E-state index in [1.165, 1.54) is 0 Å². The number of thiazole rings is 1. The lowest BCUT2D eigenvalue weighted by Gasteiger charge is -2.17. The molecule has 1 unspecified atom stereocenters. The van der Waals surface area contributed by atoms with Crippen LogP contribution in [-0.4, -0.2) is 4.98 Å². The third-order valence-corrected chi connectivity index (χ3v) is 3.89. The molecule has 0 amide bonds. The maximum absolute atomic E-state index is 5.96. The quantitative estimate of drug-likeness (QED) is 0.457. The highest BCUT2D eigenvalue weighted by atomic mass is 35.5. The number of aryl methyl sites for hydroxylation is 1. The van der Waals surface area contributed by atoms with Gasteiger partial charge in [0.1, 0.15) is 0 Å². The van der Waals surface area contributed by atoms with Gasteiger partial charge in [0.25, 0.3) is 0 Å². The minimum absolute atomic E-state index is 0.0622. The third-order valence-electron chi connectivity index (χ3n) is 2.67. The number of hydrogen-bond acceptors (Lipinski definition) is 5. The largest absolute Gasteiger partial charge is 0.398 e. The van der Waals surface area contributed by atoms with Crippen molar-refractivity contribution in [2.45, 2.75) is 19.4 Å². The van der Waals surface area contributed by atoms with Crippen LogP contribution in [0, 0.1) is 6.92 Å². The molecule has 1 heterocycles. The molecule has 0 fully saturated rings. The van der Waals surface area contributed by atoms with Gasteiger partial charge in [-0.05, 0) is 24.6 Å². The number of aromatic nitrogens is 1. The predicted molar refractivity (Wildman–Crippen MR) is 76.5 cm³/mol.